The maximum atomic E-state index is 2.47. The van der Waals surface area contributed by atoms with Gasteiger partial charge in [-0.3, -0.25) is 0 Å². The topological polar surface area (TPSA) is 6.48 Å². The van der Waals surface area contributed by atoms with Crippen molar-refractivity contribution >= 4 is 44.9 Å². The average molecular weight is 807 g/mol. The van der Waals surface area contributed by atoms with Gasteiger partial charge in [0.15, 0.2) is 0 Å². The molecule has 0 saturated heterocycles. The van der Waals surface area contributed by atoms with Crippen LogP contribution >= 0.6 is 0 Å². The van der Waals surface area contributed by atoms with E-state index >= 15 is 0 Å². The van der Waals surface area contributed by atoms with Gasteiger partial charge < -0.3 is 9.80 Å². The zero-order chi connectivity index (χ0) is 42.3. The van der Waals surface area contributed by atoms with Crippen LogP contribution in [0.1, 0.15) is 25.0 Å². The van der Waals surface area contributed by atoms with Gasteiger partial charge in [-0.25, -0.2) is 0 Å². The first kappa shape index (κ1) is 38.0. The third kappa shape index (κ3) is 6.87. The molecule has 2 heteroatoms. The Morgan fingerprint density at radius 2 is 0.794 bits per heavy atom. The number of nitrogens with zero attached hydrogens (tertiary/aromatic N) is 2. The van der Waals surface area contributed by atoms with E-state index < -0.39 is 0 Å². The second kappa shape index (κ2) is 15.8. The van der Waals surface area contributed by atoms with Crippen molar-refractivity contribution < 1.29 is 0 Å². The number of hydrogen-bond acceptors (Lipinski definition) is 2. The lowest BCUT2D eigenvalue weighted by molar-refractivity contribution is 0.660. The number of anilines is 6. The van der Waals surface area contributed by atoms with E-state index in [2.05, 4.69) is 266 Å². The highest BCUT2D eigenvalue weighted by Gasteiger charge is 2.36. The summed E-state index contributed by atoms with van der Waals surface area (Å²) < 4.78 is 0. The summed E-state index contributed by atoms with van der Waals surface area (Å²) in [6.45, 7) is 4.72. The average Bonchev–Trinajstić information content (AvgIpc) is 3.58. The first-order chi connectivity index (χ1) is 31.0. The molecular formula is C61H46N2. The van der Waals surface area contributed by atoms with Crippen LogP contribution in [0.4, 0.5) is 34.1 Å². The van der Waals surface area contributed by atoms with Crippen molar-refractivity contribution in [2.45, 2.75) is 19.3 Å². The Morgan fingerprint density at radius 3 is 1.49 bits per heavy atom. The van der Waals surface area contributed by atoms with Crippen LogP contribution in [-0.2, 0) is 5.41 Å². The molecule has 10 aromatic rings. The minimum atomic E-state index is -0.133. The Kier molecular flexibility index (Phi) is 9.55. The highest BCUT2D eigenvalue weighted by Crippen LogP contribution is 2.52. The summed E-state index contributed by atoms with van der Waals surface area (Å²) in [6.07, 6.45) is 0. The van der Waals surface area contributed by atoms with E-state index in [0.717, 1.165) is 39.7 Å². The van der Waals surface area contributed by atoms with E-state index in [1.165, 1.54) is 60.8 Å². The van der Waals surface area contributed by atoms with E-state index in [-0.39, 0.29) is 5.41 Å². The Morgan fingerprint density at radius 1 is 0.302 bits per heavy atom. The smallest absolute Gasteiger partial charge is 0.0546 e. The molecule has 63 heavy (non-hydrogen) atoms. The SMILES string of the molecule is CC1(C)c2ccccc2-c2ccc(N(c3cccc(-c4ccc(-c5ccc(N(c6ccccc6)c6ccccc6)cc5)cc4)c3)c3ccc4ccccc4c3-c3ccccc3)cc21. The molecule has 0 fully saturated rings. The van der Waals surface area contributed by atoms with Gasteiger partial charge in [0.05, 0.1) is 5.69 Å². The maximum Gasteiger partial charge on any atom is 0.0546 e. The Hall–Kier alpha value is -7.94. The predicted molar refractivity (Wildman–Crippen MR) is 267 cm³/mol. The zero-order valence-electron chi connectivity index (χ0n) is 35.5. The Balaban J connectivity index is 0.989. The fraction of sp³-hybridized carbons (Fsp3) is 0.0492. The molecule has 0 amide bonds. The summed E-state index contributed by atoms with van der Waals surface area (Å²) in [5.41, 5.74) is 19.1. The molecule has 0 N–H and O–H groups in total. The first-order valence-corrected chi connectivity index (χ1v) is 21.8. The molecule has 300 valence electrons. The molecule has 0 aliphatic heterocycles. The lowest BCUT2D eigenvalue weighted by atomic mass is 9.82. The van der Waals surface area contributed by atoms with E-state index in [1.807, 2.05) is 0 Å². The fourth-order valence-electron chi connectivity index (χ4n) is 9.70. The molecule has 0 aromatic heterocycles. The number of para-hydroxylation sites is 2. The third-order valence-corrected chi connectivity index (χ3v) is 12.8. The molecule has 2 nitrogen and oxygen atoms in total. The molecule has 1 aliphatic rings. The van der Waals surface area contributed by atoms with Crippen molar-refractivity contribution in [3.63, 3.8) is 0 Å². The van der Waals surface area contributed by atoms with Gasteiger partial charge in [-0.2, -0.15) is 0 Å². The van der Waals surface area contributed by atoms with Crippen LogP contribution < -0.4 is 9.80 Å². The molecule has 10 aromatic carbocycles. The standard InChI is InChI=1S/C61H46N2/c1-61(2)57-28-15-14-27-55(57)56-39-38-53(42-58(56)61)63(59-40-35-46-17-12-13-26-54(46)60(59)47-18-6-3-7-19-47)52-25-16-20-48(41-52)45-31-29-43(30-32-45)44-33-36-51(37-34-44)62(49-21-8-4-9-22-49)50-23-10-5-11-24-50/h3-42H,1-2H3. The van der Waals surface area contributed by atoms with E-state index in [9.17, 15) is 0 Å². The lowest BCUT2D eigenvalue weighted by Crippen LogP contribution is -2.17. The van der Waals surface area contributed by atoms with Crippen molar-refractivity contribution in [1.29, 1.82) is 0 Å². The summed E-state index contributed by atoms with van der Waals surface area (Å²) in [4.78, 5) is 4.77. The normalized spacial score (nSPS) is 12.4. The highest BCUT2D eigenvalue weighted by molar-refractivity contribution is 6.05. The van der Waals surface area contributed by atoms with Gasteiger partial charge in [0.25, 0.3) is 0 Å². The zero-order valence-corrected chi connectivity index (χ0v) is 35.5. The Bertz CT molecular complexity index is 3190. The minimum Gasteiger partial charge on any atom is -0.311 e. The maximum absolute atomic E-state index is 2.47. The van der Waals surface area contributed by atoms with Crippen molar-refractivity contribution in [2.75, 3.05) is 9.80 Å². The molecule has 0 unspecified atom stereocenters. The van der Waals surface area contributed by atoms with Crippen molar-refractivity contribution in [1.82, 2.24) is 0 Å². The number of hydrogen-bond donors (Lipinski definition) is 0. The van der Waals surface area contributed by atoms with E-state index in [1.54, 1.807) is 0 Å². The Labute approximate surface area is 370 Å². The van der Waals surface area contributed by atoms with Gasteiger partial charge in [0, 0.05) is 39.4 Å². The second-order valence-electron chi connectivity index (χ2n) is 17.0. The largest absolute Gasteiger partial charge is 0.311 e. The lowest BCUT2D eigenvalue weighted by Gasteiger charge is -2.30. The van der Waals surface area contributed by atoms with Gasteiger partial charge in [0.1, 0.15) is 0 Å². The molecule has 11 rings (SSSR count). The van der Waals surface area contributed by atoms with E-state index in [0.29, 0.717) is 0 Å². The molecule has 1 aliphatic carbocycles. The van der Waals surface area contributed by atoms with Gasteiger partial charge >= 0.3 is 0 Å². The van der Waals surface area contributed by atoms with Gasteiger partial charge in [-0.1, -0.05) is 190 Å². The summed E-state index contributed by atoms with van der Waals surface area (Å²) >= 11 is 0. The summed E-state index contributed by atoms with van der Waals surface area (Å²) in [5.74, 6) is 0. The molecule has 0 saturated carbocycles. The molecule has 0 bridgehead atoms. The highest BCUT2D eigenvalue weighted by atomic mass is 15.1. The van der Waals surface area contributed by atoms with Crippen LogP contribution in [0.25, 0.3) is 55.3 Å². The van der Waals surface area contributed by atoms with Crippen LogP contribution in [0.3, 0.4) is 0 Å². The summed E-state index contributed by atoms with van der Waals surface area (Å²) in [6, 6.07) is 88.2. The second-order valence-corrected chi connectivity index (χ2v) is 17.0. The molecule has 0 atom stereocenters. The third-order valence-electron chi connectivity index (χ3n) is 12.8. The van der Waals surface area contributed by atoms with Crippen LogP contribution in [0.5, 0.6) is 0 Å². The van der Waals surface area contributed by atoms with Crippen LogP contribution in [0, 0.1) is 0 Å². The number of fused-ring (bicyclic) bond motifs is 4. The van der Waals surface area contributed by atoms with Gasteiger partial charge in [-0.15, -0.1) is 0 Å². The summed E-state index contributed by atoms with van der Waals surface area (Å²) in [7, 11) is 0. The van der Waals surface area contributed by atoms with E-state index in [4.69, 9.17) is 0 Å². The molecular weight excluding hydrogens is 761 g/mol. The predicted octanol–water partition coefficient (Wildman–Crippen LogP) is 17.1. The van der Waals surface area contributed by atoms with Crippen molar-refractivity contribution in [3.05, 3.63) is 254 Å². The number of benzene rings is 10. The molecule has 0 heterocycles. The molecule has 0 radical (unpaired) electrons. The quantitative estimate of drug-likeness (QED) is 0.143. The monoisotopic (exact) mass is 806 g/mol. The van der Waals surface area contributed by atoms with Crippen molar-refractivity contribution in [2.24, 2.45) is 0 Å². The van der Waals surface area contributed by atoms with Gasteiger partial charge in [-0.05, 0) is 128 Å². The van der Waals surface area contributed by atoms with Crippen molar-refractivity contribution in [3.8, 4) is 44.5 Å². The molecule has 0 spiro atoms. The van der Waals surface area contributed by atoms with Crippen LogP contribution in [0.2, 0.25) is 0 Å². The van der Waals surface area contributed by atoms with Crippen LogP contribution in [0.15, 0.2) is 243 Å². The summed E-state index contributed by atoms with van der Waals surface area (Å²) in [5, 5.41) is 2.45. The fourth-order valence-corrected chi connectivity index (χ4v) is 9.70. The minimum absolute atomic E-state index is 0.133. The van der Waals surface area contributed by atoms with Gasteiger partial charge in [0.2, 0.25) is 0 Å². The van der Waals surface area contributed by atoms with Crippen LogP contribution in [-0.4, -0.2) is 0 Å². The number of rotatable bonds is 9. The first-order valence-electron chi connectivity index (χ1n) is 21.8.